The molecule has 1 saturated carbocycles. The summed E-state index contributed by atoms with van der Waals surface area (Å²) >= 11 is 0. The predicted octanol–water partition coefficient (Wildman–Crippen LogP) is 0.975. The summed E-state index contributed by atoms with van der Waals surface area (Å²) in [5.74, 6) is 0. The van der Waals surface area contributed by atoms with Crippen molar-refractivity contribution in [1.82, 2.24) is 10.2 Å². The lowest BCUT2D eigenvalue weighted by molar-refractivity contribution is 0.00255. The molecule has 1 aliphatic carbocycles. The van der Waals surface area contributed by atoms with Crippen molar-refractivity contribution in [2.75, 3.05) is 26.7 Å². The second-order valence-corrected chi connectivity index (χ2v) is 5.35. The SMILES string of the molecule is CN(CC1(O)CCCC1)C1CCCNC1. The lowest BCUT2D eigenvalue weighted by Crippen LogP contribution is -2.49. The van der Waals surface area contributed by atoms with Crippen molar-refractivity contribution in [3.05, 3.63) is 0 Å². The number of rotatable bonds is 3. The van der Waals surface area contributed by atoms with Crippen LogP contribution in [0.4, 0.5) is 0 Å². The number of aliphatic hydroxyl groups is 1. The first-order chi connectivity index (χ1) is 7.20. The van der Waals surface area contributed by atoms with Gasteiger partial charge in [-0.15, -0.1) is 0 Å². The van der Waals surface area contributed by atoms with Gasteiger partial charge in [0.15, 0.2) is 0 Å². The van der Waals surface area contributed by atoms with E-state index >= 15 is 0 Å². The van der Waals surface area contributed by atoms with E-state index in [0.717, 1.165) is 32.5 Å². The largest absolute Gasteiger partial charge is 0.389 e. The molecule has 2 N–H and O–H groups in total. The topological polar surface area (TPSA) is 35.5 Å². The van der Waals surface area contributed by atoms with Crippen LogP contribution in [-0.2, 0) is 0 Å². The normalized spacial score (nSPS) is 31.0. The first-order valence-corrected chi connectivity index (χ1v) is 6.33. The highest BCUT2D eigenvalue weighted by atomic mass is 16.3. The van der Waals surface area contributed by atoms with E-state index in [0.29, 0.717) is 6.04 Å². The van der Waals surface area contributed by atoms with Crippen LogP contribution in [0.2, 0.25) is 0 Å². The molecule has 0 bridgehead atoms. The van der Waals surface area contributed by atoms with Crippen LogP contribution >= 0.6 is 0 Å². The van der Waals surface area contributed by atoms with Gasteiger partial charge in [0.05, 0.1) is 5.60 Å². The van der Waals surface area contributed by atoms with Gasteiger partial charge < -0.3 is 10.4 Å². The summed E-state index contributed by atoms with van der Waals surface area (Å²) in [6, 6.07) is 0.628. The average Bonchev–Trinajstić information content (AvgIpc) is 2.66. The minimum Gasteiger partial charge on any atom is -0.389 e. The third-order valence-electron chi connectivity index (χ3n) is 3.97. The molecule has 0 spiro atoms. The lowest BCUT2D eigenvalue weighted by Gasteiger charge is -2.36. The predicted molar refractivity (Wildman–Crippen MR) is 61.9 cm³/mol. The highest BCUT2D eigenvalue weighted by Gasteiger charge is 2.33. The molecule has 1 unspecified atom stereocenters. The highest BCUT2D eigenvalue weighted by molar-refractivity contribution is 4.89. The third-order valence-corrected chi connectivity index (χ3v) is 3.97. The van der Waals surface area contributed by atoms with Gasteiger partial charge in [0, 0.05) is 19.1 Å². The number of likely N-dealkylation sites (N-methyl/N-ethyl adjacent to an activating group) is 1. The van der Waals surface area contributed by atoms with E-state index in [1.165, 1.54) is 25.7 Å². The summed E-state index contributed by atoms with van der Waals surface area (Å²) in [5.41, 5.74) is -0.383. The van der Waals surface area contributed by atoms with E-state index in [2.05, 4.69) is 17.3 Å². The summed E-state index contributed by atoms with van der Waals surface area (Å²) < 4.78 is 0. The quantitative estimate of drug-likeness (QED) is 0.732. The summed E-state index contributed by atoms with van der Waals surface area (Å²) in [4.78, 5) is 2.36. The Morgan fingerprint density at radius 2 is 2.07 bits per heavy atom. The summed E-state index contributed by atoms with van der Waals surface area (Å²) in [7, 11) is 2.16. The number of hydrogen-bond acceptors (Lipinski definition) is 3. The summed E-state index contributed by atoms with van der Waals surface area (Å²) in [6.45, 7) is 3.11. The number of nitrogens with zero attached hydrogens (tertiary/aromatic N) is 1. The fraction of sp³-hybridized carbons (Fsp3) is 1.00. The Kier molecular flexibility index (Phi) is 3.65. The van der Waals surface area contributed by atoms with Crippen molar-refractivity contribution in [3.63, 3.8) is 0 Å². The molecule has 2 fully saturated rings. The van der Waals surface area contributed by atoms with Gasteiger partial charge in [-0.25, -0.2) is 0 Å². The maximum atomic E-state index is 10.3. The van der Waals surface area contributed by atoms with Gasteiger partial charge in [-0.1, -0.05) is 12.8 Å². The Labute approximate surface area is 92.8 Å². The van der Waals surface area contributed by atoms with Gasteiger partial charge in [-0.05, 0) is 39.3 Å². The van der Waals surface area contributed by atoms with Gasteiger partial charge in [-0.2, -0.15) is 0 Å². The fourth-order valence-electron chi connectivity index (χ4n) is 2.99. The van der Waals surface area contributed by atoms with Crippen LogP contribution in [0.3, 0.4) is 0 Å². The Balaban J connectivity index is 1.82. The van der Waals surface area contributed by atoms with Crippen molar-refractivity contribution in [2.45, 2.75) is 50.2 Å². The van der Waals surface area contributed by atoms with Gasteiger partial charge in [0.25, 0.3) is 0 Å². The van der Waals surface area contributed by atoms with E-state index in [1.54, 1.807) is 0 Å². The molecule has 2 rings (SSSR count). The van der Waals surface area contributed by atoms with E-state index < -0.39 is 0 Å². The minimum atomic E-state index is -0.383. The summed E-state index contributed by atoms with van der Waals surface area (Å²) in [6.07, 6.45) is 6.95. The first-order valence-electron chi connectivity index (χ1n) is 6.33. The van der Waals surface area contributed by atoms with E-state index in [1.807, 2.05) is 0 Å². The Morgan fingerprint density at radius 1 is 1.33 bits per heavy atom. The van der Waals surface area contributed by atoms with Crippen LogP contribution in [0, 0.1) is 0 Å². The molecular formula is C12H24N2O. The van der Waals surface area contributed by atoms with Crippen LogP contribution in [0.5, 0.6) is 0 Å². The van der Waals surface area contributed by atoms with Crippen molar-refractivity contribution < 1.29 is 5.11 Å². The maximum absolute atomic E-state index is 10.3. The van der Waals surface area contributed by atoms with E-state index in [4.69, 9.17) is 0 Å². The zero-order valence-electron chi connectivity index (χ0n) is 9.84. The second kappa shape index (κ2) is 4.81. The average molecular weight is 212 g/mol. The Morgan fingerprint density at radius 3 is 2.67 bits per heavy atom. The van der Waals surface area contributed by atoms with Crippen molar-refractivity contribution in [1.29, 1.82) is 0 Å². The van der Waals surface area contributed by atoms with Gasteiger partial charge in [-0.3, -0.25) is 4.90 Å². The monoisotopic (exact) mass is 212 g/mol. The zero-order valence-corrected chi connectivity index (χ0v) is 9.84. The second-order valence-electron chi connectivity index (χ2n) is 5.35. The molecule has 1 heterocycles. The molecule has 0 radical (unpaired) electrons. The molecule has 88 valence electrons. The van der Waals surface area contributed by atoms with Crippen LogP contribution in [-0.4, -0.2) is 48.3 Å². The molecule has 3 heteroatoms. The molecular weight excluding hydrogens is 188 g/mol. The molecule has 2 aliphatic rings. The Hall–Kier alpha value is -0.120. The van der Waals surface area contributed by atoms with Crippen LogP contribution < -0.4 is 5.32 Å². The summed E-state index contributed by atoms with van der Waals surface area (Å²) in [5, 5.41) is 13.8. The van der Waals surface area contributed by atoms with Crippen LogP contribution in [0.15, 0.2) is 0 Å². The number of hydrogen-bond donors (Lipinski definition) is 2. The van der Waals surface area contributed by atoms with Gasteiger partial charge >= 0.3 is 0 Å². The maximum Gasteiger partial charge on any atom is 0.0774 e. The number of piperidine rings is 1. The standard InChI is InChI=1S/C12H24N2O/c1-14(11-5-4-8-13-9-11)10-12(15)6-2-3-7-12/h11,13,15H,2-10H2,1H3. The molecule has 15 heavy (non-hydrogen) atoms. The molecule has 1 atom stereocenters. The zero-order chi connectivity index (χ0) is 10.7. The van der Waals surface area contributed by atoms with Crippen LogP contribution in [0.25, 0.3) is 0 Å². The van der Waals surface area contributed by atoms with Crippen LogP contribution in [0.1, 0.15) is 38.5 Å². The molecule has 1 saturated heterocycles. The third kappa shape index (κ3) is 2.92. The molecule has 3 nitrogen and oxygen atoms in total. The van der Waals surface area contributed by atoms with Crippen molar-refractivity contribution >= 4 is 0 Å². The molecule has 0 aromatic carbocycles. The lowest BCUT2D eigenvalue weighted by atomic mass is 9.99. The Bertz CT molecular complexity index is 196. The van der Waals surface area contributed by atoms with Crippen molar-refractivity contribution in [3.8, 4) is 0 Å². The molecule has 0 amide bonds. The van der Waals surface area contributed by atoms with E-state index in [-0.39, 0.29) is 5.60 Å². The minimum absolute atomic E-state index is 0.383. The smallest absolute Gasteiger partial charge is 0.0774 e. The fourth-order valence-corrected chi connectivity index (χ4v) is 2.99. The molecule has 0 aromatic heterocycles. The molecule has 1 aliphatic heterocycles. The highest BCUT2D eigenvalue weighted by Crippen LogP contribution is 2.30. The van der Waals surface area contributed by atoms with E-state index in [9.17, 15) is 5.11 Å². The first kappa shape index (κ1) is 11.4. The van der Waals surface area contributed by atoms with Gasteiger partial charge in [0.1, 0.15) is 0 Å². The number of nitrogens with one attached hydrogen (secondary N) is 1. The van der Waals surface area contributed by atoms with Gasteiger partial charge in [0.2, 0.25) is 0 Å². The molecule has 0 aromatic rings. The van der Waals surface area contributed by atoms with Crippen molar-refractivity contribution in [2.24, 2.45) is 0 Å².